The molecule has 7 heteroatoms. The highest BCUT2D eigenvalue weighted by Crippen LogP contribution is 2.00. The first-order valence-electron chi connectivity index (χ1n) is 5.42. The van der Waals surface area contributed by atoms with Crippen molar-refractivity contribution in [2.24, 2.45) is 0 Å². The molecule has 0 saturated heterocycles. The number of carbonyl (C=O) groups excluding carboxylic acids is 4. The monoisotopic (exact) mass is 275 g/mol. The Morgan fingerprint density at radius 3 is 2.22 bits per heavy atom. The van der Waals surface area contributed by atoms with Crippen LogP contribution in [0.2, 0.25) is 0 Å². The maximum absolute atomic E-state index is 11.6. The lowest BCUT2D eigenvalue weighted by Gasteiger charge is -2.13. The minimum absolute atomic E-state index is 0.00833. The van der Waals surface area contributed by atoms with Crippen molar-refractivity contribution in [3.8, 4) is 0 Å². The highest BCUT2D eigenvalue weighted by Gasteiger charge is 2.18. The Kier molecular flexibility index (Phi) is 8.02. The zero-order chi connectivity index (χ0) is 14.1. The zero-order valence-corrected chi connectivity index (χ0v) is 11.3. The van der Waals surface area contributed by atoms with E-state index in [0.29, 0.717) is 0 Å². The second-order valence-electron chi connectivity index (χ2n) is 3.72. The van der Waals surface area contributed by atoms with Crippen LogP contribution in [0.1, 0.15) is 26.7 Å². The van der Waals surface area contributed by atoms with Crippen LogP contribution in [-0.4, -0.2) is 41.8 Å². The van der Waals surface area contributed by atoms with E-state index in [1.165, 1.54) is 13.8 Å². The van der Waals surface area contributed by atoms with Gasteiger partial charge in [-0.2, -0.15) is 12.6 Å². The summed E-state index contributed by atoms with van der Waals surface area (Å²) in [4.78, 5) is 44.2. The molecule has 0 heterocycles. The molecule has 1 N–H and O–H groups in total. The van der Waals surface area contributed by atoms with Gasteiger partial charge < -0.3 is 10.1 Å². The van der Waals surface area contributed by atoms with Crippen LogP contribution in [0.4, 0.5) is 0 Å². The van der Waals surface area contributed by atoms with Gasteiger partial charge in [-0.3, -0.25) is 19.2 Å². The normalized spacial score (nSPS) is 11.5. The number of ether oxygens (including phenoxy) is 1. The molecule has 0 unspecified atom stereocenters. The number of ketones is 2. The first-order chi connectivity index (χ1) is 8.36. The topological polar surface area (TPSA) is 89.5 Å². The molecular weight excluding hydrogens is 258 g/mol. The summed E-state index contributed by atoms with van der Waals surface area (Å²) in [5, 5.41) is 2.44. The van der Waals surface area contributed by atoms with Crippen LogP contribution in [0.5, 0.6) is 0 Å². The van der Waals surface area contributed by atoms with Gasteiger partial charge in [0.25, 0.3) is 0 Å². The number of thiol groups is 1. The van der Waals surface area contributed by atoms with E-state index in [9.17, 15) is 19.2 Å². The van der Waals surface area contributed by atoms with E-state index >= 15 is 0 Å². The number of rotatable bonds is 8. The molecule has 0 aromatic rings. The lowest BCUT2D eigenvalue weighted by atomic mass is 10.1. The van der Waals surface area contributed by atoms with Crippen LogP contribution in [-0.2, 0) is 23.9 Å². The van der Waals surface area contributed by atoms with E-state index in [4.69, 9.17) is 0 Å². The van der Waals surface area contributed by atoms with Crippen LogP contribution in [0.25, 0.3) is 0 Å². The lowest BCUT2D eigenvalue weighted by molar-refractivity contribution is -0.145. The van der Waals surface area contributed by atoms with Crippen LogP contribution in [0.3, 0.4) is 0 Å². The number of Topliss-reactive ketones (excluding diaryl/α,β-unsaturated/α-hetero) is 2. The van der Waals surface area contributed by atoms with Crippen molar-refractivity contribution in [3.05, 3.63) is 0 Å². The number of carbonyl (C=O) groups is 4. The third-order valence-corrected chi connectivity index (χ3v) is 2.40. The average Bonchev–Trinajstić information content (AvgIpc) is 2.29. The van der Waals surface area contributed by atoms with Gasteiger partial charge in [0, 0.05) is 32.4 Å². The lowest BCUT2D eigenvalue weighted by Crippen LogP contribution is -2.41. The predicted octanol–water partition coefficient (Wildman–Crippen LogP) is -0.0976. The number of amides is 1. The van der Waals surface area contributed by atoms with E-state index < -0.39 is 12.0 Å². The molecule has 0 aliphatic heterocycles. The maximum atomic E-state index is 11.6. The van der Waals surface area contributed by atoms with Gasteiger partial charge in [0.15, 0.2) is 11.6 Å². The van der Waals surface area contributed by atoms with Gasteiger partial charge in [0.2, 0.25) is 5.91 Å². The molecule has 6 nitrogen and oxygen atoms in total. The Bertz CT molecular complexity index is 342. The first-order valence-corrected chi connectivity index (χ1v) is 6.05. The van der Waals surface area contributed by atoms with Crippen molar-refractivity contribution < 1.29 is 23.9 Å². The van der Waals surface area contributed by atoms with E-state index in [-0.39, 0.29) is 42.7 Å². The Morgan fingerprint density at radius 1 is 1.17 bits per heavy atom. The second-order valence-corrected chi connectivity index (χ2v) is 4.09. The molecule has 1 amide bonds. The number of hydrogen-bond acceptors (Lipinski definition) is 6. The SMILES string of the molecule is CC(=O)N[C@@H](CS)C(=O)CCC(=O)COC(C)=O. The highest BCUT2D eigenvalue weighted by atomic mass is 32.1. The molecule has 1 atom stereocenters. The van der Waals surface area contributed by atoms with Gasteiger partial charge in [0.05, 0.1) is 6.04 Å². The van der Waals surface area contributed by atoms with Gasteiger partial charge >= 0.3 is 5.97 Å². The molecule has 18 heavy (non-hydrogen) atoms. The molecule has 0 fully saturated rings. The molecular formula is C11H17NO5S. The van der Waals surface area contributed by atoms with E-state index in [1.54, 1.807) is 0 Å². The number of hydrogen-bond donors (Lipinski definition) is 2. The van der Waals surface area contributed by atoms with Gasteiger partial charge in [-0.15, -0.1) is 0 Å². The predicted molar refractivity (Wildman–Crippen MR) is 67.3 cm³/mol. The van der Waals surface area contributed by atoms with Crippen molar-refractivity contribution in [2.45, 2.75) is 32.7 Å². The fourth-order valence-electron chi connectivity index (χ4n) is 1.16. The summed E-state index contributed by atoms with van der Waals surface area (Å²) in [5.41, 5.74) is 0. The molecule has 0 aliphatic carbocycles. The van der Waals surface area contributed by atoms with Crippen LogP contribution in [0, 0.1) is 0 Å². The summed E-state index contributed by atoms with van der Waals surface area (Å²) in [6.45, 7) is 2.18. The molecule has 0 aromatic heterocycles. The quantitative estimate of drug-likeness (QED) is 0.477. The van der Waals surface area contributed by atoms with Crippen LogP contribution < -0.4 is 5.32 Å². The van der Waals surface area contributed by atoms with Gasteiger partial charge in [-0.25, -0.2) is 0 Å². The highest BCUT2D eigenvalue weighted by molar-refractivity contribution is 7.80. The molecule has 0 saturated carbocycles. The molecule has 0 aromatic carbocycles. The molecule has 102 valence electrons. The fourth-order valence-corrected chi connectivity index (χ4v) is 1.46. The summed E-state index contributed by atoms with van der Waals surface area (Å²) in [6, 6.07) is -0.688. The van der Waals surface area contributed by atoms with Gasteiger partial charge in [-0.05, 0) is 0 Å². The Balaban J connectivity index is 4.03. The standard InChI is InChI=1S/C11H17NO5S/c1-7(13)12-10(6-18)11(16)4-3-9(15)5-17-8(2)14/h10,18H,3-6H2,1-2H3,(H,12,13)/t10-/m0/s1. The van der Waals surface area contributed by atoms with Crippen molar-refractivity contribution >= 4 is 36.1 Å². The summed E-state index contributed by atoms with van der Waals surface area (Å²) >= 11 is 3.95. The Hall–Kier alpha value is -1.37. The summed E-state index contributed by atoms with van der Waals surface area (Å²) < 4.78 is 4.50. The third-order valence-electron chi connectivity index (χ3n) is 2.04. The minimum Gasteiger partial charge on any atom is -0.458 e. The minimum atomic E-state index is -0.688. The average molecular weight is 275 g/mol. The smallest absolute Gasteiger partial charge is 0.303 e. The summed E-state index contributed by atoms with van der Waals surface area (Å²) in [5.74, 6) is -1.29. The van der Waals surface area contributed by atoms with Crippen molar-refractivity contribution in [1.29, 1.82) is 0 Å². The maximum Gasteiger partial charge on any atom is 0.303 e. The molecule has 0 rings (SSSR count). The zero-order valence-electron chi connectivity index (χ0n) is 10.4. The largest absolute Gasteiger partial charge is 0.458 e. The molecule has 0 radical (unpaired) electrons. The summed E-state index contributed by atoms with van der Waals surface area (Å²) in [6.07, 6.45) is -0.0262. The van der Waals surface area contributed by atoms with E-state index in [0.717, 1.165) is 0 Å². The molecule has 0 bridgehead atoms. The van der Waals surface area contributed by atoms with Crippen LogP contribution in [0.15, 0.2) is 0 Å². The van der Waals surface area contributed by atoms with E-state index in [2.05, 4.69) is 22.7 Å². The van der Waals surface area contributed by atoms with Gasteiger partial charge in [-0.1, -0.05) is 0 Å². The molecule has 0 aliphatic rings. The second kappa shape index (κ2) is 8.68. The first kappa shape index (κ1) is 16.6. The van der Waals surface area contributed by atoms with Gasteiger partial charge in [0.1, 0.15) is 6.61 Å². The third kappa shape index (κ3) is 7.83. The van der Waals surface area contributed by atoms with Crippen molar-refractivity contribution in [3.63, 3.8) is 0 Å². The Morgan fingerprint density at radius 2 is 1.78 bits per heavy atom. The summed E-state index contributed by atoms with van der Waals surface area (Å²) in [7, 11) is 0. The van der Waals surface area contributed by atoms with Crippen molar-refractivity contribution in [1.82, 2.24) is 5.32 Å². The Labute approximate surface area is 111 Å². The van der Waals surface area contributed by atoms with Crippen molar-refractivity contribution in [2.75, 3.05) is 12.4 Å². The van der Waals surface area contributed by atoms with Crippen LogP contribution >= 0.6 is 12.6 Å². The number of esters is 1. The number of nitrogens with one attached hydrogen (secondary N) is 1. The molecule has 0 spiro atoms. The fraction of sp³-hybridized carbons (Fsp3) is 0.636. The van der Waals surface area contributed by atoms with E-state index in [1.807, 2.05) is 0 Å².